The van der Waals surface area contributed by atoms with Gasteiger partial charge in [0, 0.05) is 6.20 Å². The van der Waals surface area contributed by atoms with Crippen LogP contribution < -0.4 is 0 Å². The predicted octanol–water partition coefficient (Wildman–Crippen LogP) is 1.46. The first kappa shape index (κ1) is 10.6. The lowest BCUT2D eigenvalue weighted by atomic mass is 10.3. The van der Waals surface area contributed by atoms with Crippen molar-refractivity contribution < 1.29 is 14.4 Å². The zero-order valence-electron chi connectivity index (χ0n) is 8.03. The van der Waals surface area contributed by atoms with E-state index in [2.05, 4.69) is 15.1 Å². The fourth-order valence-corrected chi connectivity index (χ4v) is 1.76. The van der Waals surface area contributed by atoms with Gasteiger partial charge in [0.05, 0.1) is 16.3 Å². The van der Waals surface area contributed by atoms with Crippen molar-refractivity contribution in [3.63, 3.8) is 0 Å². The van der Waals surface area contributed by atoms with Crippen LogP contribution in [0, 0.1) is 0 Å². The molecule has 0 aliphatic heterocycles. The Labute approximate surface area is 94.7 Å². The number of hydrogen-bond acceptors (Lipinski definition) is 6. The van der Waals surface area contributed by atoms with Crippen LogP contribution in [0.15, 0.2) is 34.2 Å². The molecule has 16 heavy (non-hydrogen) atoms. The van der Waals surface area contributed by atoms with Gasteiger partial charge in [-0.25, -0.2) is 9.78 Å². The minimum Gasteiger partial charge on any atom is -0.478 e. The lowest BCUT2D eigenvalue weighted by molar-refractivity contribution is 0.0696. The smallest absolute Gasteiger partial charge is 0.335 e. The Morgan fingerprint density at radius 3 is 3.06 bits per heavy atom. The van der Waals surface area contributed by atoms with E-state index in [1.807, 2.05) is 0 Å². The van der Waals surface area contributed by atoms with Crippen LogP contribution in [0.25, 0.3) is 0 Å². The second-order valence-electron chi connectivity index (χ2n) is 2.81. The number of thioether (sulfide) groups is 1. The molecule has 0 unspecified atom stereocenters. The Balaban J connectivity index is 2.04. The van der Waals surface area contributed by atoms with E-state index in [-0.39, 0.29) is 5.56 Å². The van der Waals surface area contributed by atoms with Gasteiger partial charge >= 0.3 is 5.97 Å². The van der Waals surface area contributed by atoms with E-state index in [0.717, 1.165) is 0 Å². The highest BCUT2D eigenvalue weighted by Gasteiger charge is 2.06. The SMILES string of the molecule is O=C(O)c1ccnc(SCc2ncno2)c1. The summed E-state index contributed by atoms with van der Waals surface area (Å²) < 4.78 is 4.81. The Kier molecular flexibility index (Phi) is 3.16. The van der Waals surface area contributed by atoms with Crippen molar-refractivity contribution in [2.45, 2.75) is 10.8 Å². The third kappa shape index (κ3) is 2.57. The zero-order valence-corrected chi connectivity index (χ0v) is 8.85. The van der Waals surface area contributed by atoms with E-state index in [4.69, 9.17) is 9.63 Å². The Morgan fingerprint density at radius 1 is 1.50 bits per heavy atom. The molecule has 2 rings (SSSR count). The summed E-state index contributed by atoms with van der Waals surface area (Å²) in [6, 6.07) is 2.95. The Hall–Kier alpha value is -1.89. The highest BCUT2D eigenvalue weighted by Crippen LogP contribution is 2.20. The van der Waals surface area contributed by atoms with Gasteiger partial charge in [0.15, 0.2) is 6.33 Å². The summed E-state index contributed by atoms with van der Waals surface area (Å²) in [6.07, 6.45) is 2.77. The fraction of sp³-hybridized carbons (Fsp3) is 0.111. The monoisotopic (exact) mass is 237 g/mol. The zero-order chi connectivity index (χ0) is 11.4. The molecule has 0 aliphatic carbocycles. The highest BCUT2D eigenvalue weighted by molar-refractivity contribution is 7.98. The van der Waals surface area contributed by atoms with Crippen molar-refractivity contribution in [1.82, 2.24) is 15.1 Å². The molecule has 0 atom stereocenters. The standard InChI is InChI=1S/C9H7N3O3S/c13-9(14)6-1-2-10-8(3-6)16-4-7-11-5-12-15-7/h1-3,5H,4H2,(H,13,14). The number of aromatic nitrogens is 3. The van der Waals surface area contributed by atoms with Crippen molar-refractivity contribution in [2.75, 3.05) is 0 Å². The molecular weight excluding hydrogens is 230 g/mol. The van der Waals surface area contributed by atoms with Gasteiger partial charge in [0.2, 0.25) is 5.89 Å². The second kappa shape index (κ2) is 4.75. The third-order valence-electron chi connectivity index (χ3n) is 1.73. The molecule has 0 fully saturated rings. The Bertz CT molecular complexity index is 487. The number of hydrogen-bond donors (Lipinski definition) is 1. The first-order chi connectivity index (χ1) is 7.75. The lowest BCUT2D eigenvalue weighted by Crippen LogP contribution is -1.96. The highest BCUT2D eigenvalue weighted by atomic mass is 32.2. The van der Waals surface area contributed by atoms with Crippen LogP contribution in [0.5, 0.6) is 0 Å². The number of carboxylic acids is 1. The quantitative estimate of drug-likeness (QED) is 0.805. The number of nitrogens with zero attached hydrogens (tertiary/aromatic N) is 3. The van der Waals surface area contributed by atoms with Crippen molar-refractivity contribution in [2.24, 2.45) is 0 Å². The van der Waals surface area contributed by atoms with Crippen molar-refractivity contribution in [3.05, 3.63) is 36.1 Å². The molecule has 6 nitrogen and oxygen atoms in total. The van der Waals surface area contributed by atoms with Crippen LogP contribution in [0.3, 0.4) is 0 Å². The van der Waals surface area contributed by atoms with Crippen LogP contribution in [0.1, 0.15) is 16.2 Å². The number of rotatable bonds is 4. The van der Waals surface area contributed by atoms with Crippen LogP contribution in [-0.2, 0) is 5.75 Å². The topological polar surface area (TPSA) is 89.1 Å². The largest absolute Gasteiger partial charge is 0.478 e. The molecule has 0 spiro atoms. The number of carbonyl (C=O) groups is 1. The number of aromatic carboxylic acids is 1. The van der Waals surface area contributed by atoms with Crippen molar-refractivity contribution in [3.8, 4) is 0 Å². The van der Waals surface area contributed by atoms with Crippen LogP contribution >= 0.6 is 11.8 Å². The van der Waals surface area contributed by atoms with Gasteiger partial charge in [-0.2, -0.15) is 4.98 Å². The molecule has 0 aromatic carbocycles. The van der Waals surface area contributed by atoms with E-state index in [9.17, 15) is 4.79 Å². The van der Waals surface area contributed by atoms with Crippen LogP contribution in [0.2, 0.25) is 0 Å². The van der Waals surface area contributed by atoms with Gasteiger partial charge in [-0.15, -0.1) is 0 Å². The van der Waals surface area contributed by atoms with E-state index in [1.54, 1.807) is 0 Å². The summed E-state index contributed by atoms with van der Waals surface area (Å²) in [5, 5.41) is 12.9. The average Bonchev–Trinajstić information content (AvgIpc) is 2.79. The summed E-state index contributed by atoms with van der Waals surface area (Å²) >= 11 is 1.34. The van der Waals surface area contributed by atoms with Gasteiger partial charge < -0.3 is 9.63 Å². The van der Waals surface area contributed by atoms with Crippen LogP contribution in [0.4, 0.5) is 0 Å². The van der Waals surface area contributed by atoms with E-state index in [1.165, 1.54) is 36.4 Å². The average molecular weight is 237 g/mol. The van der Waals surface area contributed by atoms with Gasteiger partial charge in [0.1, 0.15) is 0 Å². The van der Waals surface area contributed by atoms with Gasteiger partial charge in [0.25, 0.3) is 0 Å². The molecular formula is C9H7N3O3S. The Morgan fingerprint density at radius 2 is 2.38 bits per heavy atom. The predicted molar refractivity (Wildman–Crippen MR) is 55.1 cm³/mol. The fourth-order valence-electron chi connectivity index (χ4n) is 1.02. The maximum Gasteiger partial charge on any atom is 0.335 e. The maximum absolute atomic E-state index is 10.7. The number of pyridine rings is 1. The molecule has 2 aromatic heterocycles. The van der Waals surface area contributed by atoms with Crippen LogP contribution in [-0.4, -0.2) is 26.2 Å². The first-order valence-electron chi connectivity index (χ1n) is 4.33. The lowest BCUT2D eigenvalue weighted by Gasteiger charge is -1.98. The number of carboxylic acid groups (broad SMARTS) is 1. The summed E-state index contributed by atoms with van der Waals surface area (Å²) in [7, 11) is 0. The van der Waals surface area contributed by atoms with Crippen molar-refractivity contribution in [1.29, 1.82) is 0 Å². The minimum absolute atomic E-state index is 0.211. The summed E-state index contributed by atoms with van der Waals surface area (Å²) in [6.45, 7) is 0. The van der Waals surface area contributed by atoms with Gasteiger partial charge in [-0.3, -0.25) is 0 Å². The third-order valence-corrected chi connectivity index (χ3v) is 2.64. The minimum atomic E-state index is -0.970. The summed E-state index contributed by atoms with van der Waals surface area (Å²) in [5.74, 6) is -0.0228. The molecule has 0 saturated carbocycles. The molecule has 2 heterocycles. The van der Waals surface area contributed by atoms with Gasteiger partial charge in [-0.1, -0.05) is 16.9 Å². The molecule has 0 radical (unpaired) electrons. The van der Waals surface area contributed by atoms with Gasteiger partial charge in [-0.05, 0) is 12.1 Å². The van der Waals surface area contributed by atoms with E-state index >= 15 is 0 Å². The van der Waals surface area contributed by atoms with E-state index < -0.39 is 5.97 Å². The second-order valence-corrected chi connectivity index (χ2v) is 3.81. The molecule has 0 saturated heterocycles. The molecule has 0 bridgehead atoms. The maximum atomic E-state index is 10.7. The first-order valence-corrected chi connectivity index (χ1v) is 5.32. The molecule has 1 N–H and O–H groups in total. The molecule has 2 aromatic rings. The molecule has 82 valence electrons. The van der Waals surface area contributed by atoms with E-state index in [0.29, 0.717) is 16.7 Å². The molecule has 0 aliphatic rings. The summed E-state index contributed by atoms with van der Waals surface area (Å²) in [4.78, 5) is 18.6. The molecule has 0 amide bonds. The molecule has 7 heteroatoms. The summed E-state index contributed by atoms with van der Waals surface area (Å²) in [5.41, 5.74) is 0.211. The normalized spacial score (nSPS) is 10.2. The van der Waals surface area contributed by atoms with Crippen molar-refractivity contribution >= 4 is 17.7 Å².